The van der Waals surface area contributed by atoms with Gasteiger partial charge in [0.05, 0.1) is 4.92 Å². The summed E-state index contributed by atoms with van der Waals surface area (Å²) in [6, 6.07) is 7.14. The largest absolute Gasteiger partial charge is 0.586 e. The maximum absolute atomic E-state index is 13.2. The number of carbonyl (C=O) groups is 2. The number of hydrogen-bond acceptors (Lipinski definition) is 6. The highest BCUT2D eigenvalue weighted by molar-refractivity contribution is 6.01. The second kappa shape index (κ2) is 7.49. The van der Waals surface area contributed by atoms with Gasteiger partial charge in [0.2, 0.25) is 5.91 Å². The van der Waals surface area contributed by atoms with E-state index in [2.05, 4.69) is 14.8 Å². The van der Waals surface area contributed by atoms with Crippen molar-refractivity contribution in [3.8, 4) is 11.5 Å². The SMILES string of the molecule is Cc1cc(C(=O)N2CCCC2C(=O)Nc2ccc3c(c2)OC(F)(F)O3)ccc1[N+](=O)[O-]. The van der Waals surface area contributed by atoms with Crippen LogP contribution in [0.3, 0.4) is 0 Å². The Morgan fingerprint density at radius 1 is 1.19 bits per heavy atom. The molecule has 1 unspecified atom stereocenters. The van der Waals surface area contributed by atoms with E-state index in [1.165, 1.54) is 48.2 Å². The molecule has 2 heterocycles. The van der Waals surface area contributed by atoms with Crippen LogP contribution in [0.1, 0.15) is 28.8 Å². The maximum Gasteiger partial charge on any atom is 0.586 e. The van der Waals surface area contributed by atoms with Gasteiger partial charge in [-0.05, 0) is 44.0 Å². The number of likely N-dealkylation sites (tertiary alicyclic amines) is 1. The number of anilines is 1. The molecule has 2 amide bonds. The quantitative estimate of drug-likeness (QED) is 0.584. The first-order valence-electron chi connectivity index (χ1n) is 9.41. The third-order valence-electron chi connectivity index (χ3n) is 5.13. The van der Waals surface area contributed by atoms with Gasteiger partial charge in [0.1, 0.15) is 6.04 Å². The number of aryl methyl sites for hydroxylation is 1. The number of carbonyl (C=O) groups excluding carboxylic acids is 2. The van der Waals surface area contributed by atoms with Crippen molar-refractivity contribution in [3.05, 3.63) is 57.6 Å². The molecule has 0 spiro atoms. The van der Waals surface area contributed by atoms with Crippen molar-refractivity contribution in [2.75, 3.05) is 11.9 Å². The number of nitro groups is 1. The standard InChI is InChI=1S/C20H17F2N3O6/c1-11-9-12(4-6-14(11)25(28)29)19(27)24-8-2-3-15(24)18(26)23-13-5-7-16-17(10-13)31-20(21,22)30-16/h4-7,9-10,15H,2-3,8H2,1H3,(H,23,26). The van der Waals surface area contributed by atoms with Crippen LogP contribution in [-0.4, -0.2) is 40.5 Å². The first kappa shape index (κ1) is 20.5. The minimum Gasteiger partial charge on any atom is -0.395 e. The third-order valence-corrected chi connectivity index (χ3v) is 5.13. The lowest BCUT2D eigenvalue weighted by molar-refractivity contribution is -0.385. The molecular weight excluding hydrogens is 416 g/mol. The highest BCUT2D eigenvalue weighted by Gasteiger charge is 2.43. The molecule has 2 aromatic rings. The summed E-state index contributed by atoms with van der Waals surface area (Å²) in [7, 11) is 0. The van der Waals surface area contributed by atoms with Gasteiger partial charge in [-0.1, -0.05) is 0 Å². The van der Waals surface area contributed by atoms with E-state index in [1.54, 1.807) is 0 Å². The number of benzene rings is 2. The summed E-state index contributed by atoms with van der Waals surface area (Å²) in [5.41, 5.74) is 0.706. The third kappa shape index (κ3) is 3.98. The van der Waals surface area contributed by atoms with Gasteiger partial charge in [0.25, 0.3) is 11.6 Å². The molecule has 31 heavy (non-hydrogen) atoms. The zero-order chi connectivity index (χ0) is 22.3. The molecule has 0 saturated carbocycles. The van der Waals surface area contributed by atoms with Crippen molar-refractivity contribution in [3.63, 3.8) is 0 Å². The zero-order valence-corrected chi connectivity index (χ0v) is 16.3. The van der Waals surface area contributed by atoms with Gasteiger partial charge in [0, 0.05) is 35.5 Å². The van der Waals surface area contributed by atoms with Gasteiger partial charge < -0.3 is 19.7 Å². The second-order valence-corrected chi connectivity index (χ2v) is 7.23. The van der Waals surface area contributed by atoms with Crippen molar-refractivity contribution >= 4 is 23.2 Å². The summed E-state index contributed by atoms with van der Waals surface area (Å²) in [6.07, 6.45) is -2.74. The Kier molecular flexibility index (Phi) is 4.96. The number of nitrogens with one attached hydrogen (secondary N) is 1. The maximum atomic E-state index is 13.2. The average molecular weight is 433 g/mol. The number of rotatable bonds is 4. The summed E-state index contributed by atoms with van der Waals surface area (Å²) in [6.45, 7) is 1.88. The molecule has 4 rings (SSSR count). The predicted molar refractivity (Wildman–Crippen MR) is 103 cm³/mol. The number of amides is 2. The molecule has 2 aliphatic heterocycles. The van der Waals surface area contributed by atoms with Crippen LogP contribution in [-0.2, 0) is 4.79 Å². The van der Waals surface area contributed by atoms with Crippen LogP contribution in [0.15, 0.2) is 36.4 Å². The molecule has 1 fully saturated rings. The topological polar surface area (TPSA) is 111 Å². The number of alkyl halides is 2. The average Bonchev–Trinajstić information content (AvgIpc) is 3.29. The minimum atomic E-state index is -3.76. The fourth-order valence-electron chi connectivity index (χ4n) is 3.69. The number of hydrogen-bond donors (Lipinski definition) is 1. The normalized spacial score (nSPS) is 18.7. The van der Waals surface area contributed by atoms with Crippen molar-refractivity contribution < 1.29 is 32.8 Å². The first-order chi connectivity index (χ1) is 14.6. The fraction of sp³-hybridized carbons (Fsp3) is 0.300. The summed E-state index contributed by atoms with van der Waals surface area (Å²) in [5, 5.41) is 13.6. The van der Waals surface area contributed by atoms with E-state index in [0.29, 0.717) is 24.9 Å². The number of halogens is 2. The summed E-state index contributed by atoms with van der Waals surface area (Å²) in [5.74, 6) is -1.24. The van der Waals surface area contributed by atoms with Crippen molar-refractivity contribution in [1.82, 2.24) is 4.90 Å². The van der Waals surface area contributed by atoms with Gasteiger partial charge in [-0.3, -0.25) is 19.7 Å². The summed E-state index contributed by atoms with van der Waals surface area (Å²) >= 11 is 0. The fourth-order valence-corrected chi connectivity index (χ4v) is 3.69. The van der Waals surface area contributed by atoms with Gasteiger partial charge in [0.15, 0.2) is 11.5 Å². The lowest BCUT2D eigenvalue weighted by atomic mass is 10.1. The van der Waals surface area contributed by atoms with E-state index in [0.717, 1.165) is 0 Å². The van der Waals surface area contributed by atoms with E-state index in [4.69, 9.17) is 0 Å². The number of fused-ring (bicyclic) bond motifs is 1. The van der Waals surface area contributed by atoms with E-state index in [9.17, 15) is 28.5 Å². The minimum absolute atomic E-state index is 0.0966. The molecule has 0 aliphatic carbocycles. The van der Waals surface area contributed by atoms with Crippen molar-refractivity contribution in [2.45, 2.75) is 32.1 Å². The summed E-state index contributed by atoms with van der Waals surface area (Å²) < 4.78 is 35.0. The molecule has 162 valence electrons. The smallest absolute Gasteiger partial charge is 0.395 e. The Hall–Kier alpha value is -3.76. The molecule has 2 aromatic carbocycles. The van der Waals surface area contributed by atoms with Crippen LogP contribution >= 0.6 is 0 Å². The molecule has 1 saturated heterocycles. The molecule has 9 nitrogen and oxygen atoms in total. The Balaban J connectivity index is 1.48. The molecular formula is C20H17F2N3O6. The Labute approximate surface area is 174 Å². The lowest BCUT2D eigenvalue weighted by Gasteiger charge is -2.24. The van der Waals surface area contributed by atoms with Crippen LogP contribution in [0.5, 0.6) is 11.5 Å². The van der Waals surface area contributed by atoms with Crippen LogP contribution in [0.4, 0.5) is 20.2 Å². The molecule has 0 bridgehead atoms. The molecule has 2 aliphatic rings. The van der Waals surface area contributed by atoms with Gasteiger partial charge in [-0.25, -0.2) is 0 Å². The molecule has 1 N–H and O–H groups in total. The molecule has 11 heteroatoms. The van der Waals surface area contributed by atoms with Crippen LogP contribution < -0.4 is 14.8 Å². The number of nitro benzene ring substituents is 1. The van der Waals surface area contributed by atoms with Gasteiger partial charge >= 0.3 is 6.29 Å². The molecule has 0 radical (unpaired) electrons. The van der Waals surface area contributed by atoms with E-state index in [-0.39, 0.29) is 28.4 Å². The number of ether oxygens (including phenoxy) is 2. The van der Waals surface area contributed by atoms with Gasteiger partial charge in [-0.2, -0.15) is 0 Å². The van der Waals surface area contributed by atoms with Crippen LogP contribution in [0, 0.1) is 17.0 Å². The van der Waals surface area contributed by atoms with E-state index < -0.39 is 29.1 Å². The van der Waals surface area contributed by atoms with E-state index in [1.807, 2.05) is 0 Å². The molecule has 0 aromatic heterocycles. The second-order valence-electron chi connectivity index (χ2n) is 7.23. The van der Waals surface area contributed by atoms with Gasteiger partial charge in [-0.15, -0.1) is 8.78 Å². The zero-order valence-electron chi connectivity index (χ0n) is 16.3. The predicted octanol–water partition coefficient (Wildman–Crippen LogP) is 3.47. The Bertz CT molecular complexity index is 1090. The van der Waals surface area contributed by atoms with Crippen LogP contribution in [0.25, 0.3) is 0 Å². The molecule has 1 atom stereocenters. The van der Waals surface area contributed by atoms with Crippen molar-refractivity contribution in [1.29, 1.82) is 0 Å². The highest BCUT2D eigenvalue weighted by Crippen LogP contribution is 2.42. The Morgan fingerprint density at radius 2 is 1.94 bits per heavy atom. The van der Waals surface area contributed by atoms with Crippen LogP contribution in [0.2, 0.25) is 0 Å². The monoisotopic (exact) mass is 433 g/mol. The highest BCUT2D eigenvalue weighted by atomic mass is 19.3. The summed E-state index contributed by atoms with van der Waals surface area (Å²) in [4.78, 5) is 37.6. The first-order valence-corrected chi connectivity index (χ1v) is 9.41. The van der Waals surface area contributed by atoms with E-state index >= 15 is 0 Å². The van der Waals surface area contributed by atoms with Crippen molar-refractivity contribution in [2.24, 2.45) is 0 Å². The lowest BCUT2D eigenvalue weighted by Crippen LogP contribution is -2.43. The number of nitrogens with zero attached hydrogens (tertiary/aromatic N) is 2. The Morgan fingerprint density at radius 3 is 2.65 bits per heavy atom.